The first-order valence-corrected chi connectivity index (χ1v) is 10.4. The third-order valence-corrected chi connectivity index (χ3v) is 5.77. The quantitative estimate of drug-likeness (QED) is 0.788. The summed E-state index contributed by atoms with van der Waals surface area (Å²) in [6.45, 7) is 6.73. The van der Waals surface area contributed by atoms with Gasteiger partial charge in [0.1, 0.15) is 5.69 Å². The molecule has 146 valence electrons. The lowest BCUT2D eigenvalue weighted by Gasteiger charge is -2.32. The first-order valence-electron chi connectivity index (χ1n) is 9.56. The number of piperidine rings is 1. The number of carbonyl (C=O) groups excluding carboxylic acids is 2. The molecule has 8 heteroatoms. The van der Waals surface area contributed by atoms with Crippen LogP contribution in [0.25, 0.3) is 0 Å². The van der Waals surface area contributed by atoms with Gasteiger partial charge in [0.25, 0.3) is 5.91 Å². The van der Waals surface area contributed by atoms with Crippen LogP contribution in [0, 0.1) is 12.8 Å². The molecule has 1 atom stereocenters. The predicted molar refractivity (Wildman–Crippen MR) is 105 cm³/mol. The number of thiazole rings is 1. The summed E-state index contributed by atoms with van der Waals surface area (Å²) in [7, 11) is 0. The van der Waals surface area contributed by atoms with Gasteiger partial charge in [-0.15, -0.1) is 11.3 Å². The van der Waals surface area contributed by atoms with Crippen molar-refractivity contribution >= 4 is 23.2 Å². The van der Waals surface area contributed by atoms with E-state index in [1.807, 2.05) is 31.1 Å². The van der Waals surface area contributed by atoms with E-state index in [1.54, 1.807) is 22.1 Å². The van der Waals surface area contributed by atoms with Crippen LogP contribution in [0.5, 0.6) is 0 Å². The molecule has 0 radical (unpaired) electrons. The fraction of sp³-hybridized carbons (Fsp3) is 0.579. The Morgan fingerprint density at radius 2 is 2.26 bits per heavy atom. The van der Waals surface area contributed by atoms with Crippen molar-refractivity contribution in [2.75, 3.05) is 19.6 Å². The Morgan fingerprint density at radius 3 is 2.96 bits per heavy atom. The number of nitrogens with one attached hydrogen (secondary N) is 1. The molecule has 0 unspecified atom stereocenters. The number of hydrogen-bond acceptors (Lipinski definition) is 5. The molecule has 1 saturated heterocycles. The number of hydrogen-bond donors (Lipinski definition) is 1. The van der Waals surface area contributed by atoms with Crippen molar-refractivity contribution in [1.82, 2.24) is 25.0 Å². The normalized spacial score (nSPS) is 17.1. The minimum atomic E-state index is -0.0357. The van der Waals surface area contributed by atoms with E-state index in [-0.39, 0.29) is 17.7 Å². The van der Waals surface area contributed by atoms with E-state index < -0.39 is 0 Å². The van der Waals surface area contributed by atoms with Crippen LogP contribution >= 0.6 is 11.3 Å². The smallest absolute Gasteiger partial charge is 0.274 e. The number of rotatable bonds is 7. The molecule has 2 aromatic heterocycles. The maximum atomic E-state index is 12.6. The third-order valence-electron chi connectivity index (χ3n) is 4.79. The number of aryl methyl sites for hydroxylation is 2. The summed E-state index contributed by atoms with van der Waals surface area (Å²) >= 11 is 1.67. The van der Waals surface area contributed by atoms with Crippen LogP contribution < -0.4 is 5.32 Å². The summed E-state index contributed by atoms with van der Waals surface area (Å²) in [5.41, 5.74) is 0.487. The molecule has 1 fully saturated rings. The largest absolute Gasteiger partial charge is 0.356 e. The standard InChI is InChI=1S/C19H27N5O2S/c1-3-24-10-7-16(22-24)19(26)23-9-4-5-15(13-23)11-17(25)20-8-6-18-21-12-14(2)27-18/h7,10,12,15H,3-6,8-9,11,13H2,1-2H3,(H,20,25)/t15-/m1/s1. The van der Waals surface area contributed by atoms with Gasteiger partial charge in [0.2, 0.25) is 5.91 Å². The van der Waals surface area contributed by atoms with Crippen LogP contribution in [-0.2, 0) is 17.8 Å². The van der Waals surface area contributed by atoms with Gasteiger partial charge in [-0.2, -0.15) is 5.10 Å². The highest BCUT2D eigenvalue weighted by molar-refractivity contribution is 7.11. The van der Waals surface area contributed by atoms with Crippen LogP contribution in [0.15, 0.2) is 18.5 Å². The van der Waals surface area contributed by atoms with E-state index >= 15 is 0 Å². The van der Waals surface area contributed by atoms with Gasteiger partial charge < -0.3 is 10.2 Å². The highest BCUT2D eigenvalue weighted by Crippen LogP contribution is 2.21. The van der Waals surface area contributed by atoms with E-state index in [4.69, 9.17) is 0 Å². The summed E-state index contributed by atoms with van der Waals surface area (Å²) in [4.78, 5) is 32.2. The number of likely N-dealkylation sites (tertiary alicyclic amines) is 1. The van der Waals surface area contributed by atoms with Crippen molar-refractivity contribution in [3.05, 3.63) is 34.0 Å². The molecule has 3 heterocycles. The third kappa shape index (κ3) is 5.38. The van der Waals surface area contributed by atoms with Crippen molar-refractivity contribution in [2.24, 2.45) is 5.92 Å². The molecule has 2 aromatic rings. The van der Waals surface area contributed by atoms with E-state index in [1.165, 1.54) is 4.88 Å². The molecule has 27 heavy (non-hydrogen) atoms. The summed E-state index contributed by atoms with van der Waals surface area (Å²) in [5, 5.41) is 8.33. The lowest BCUT2D eigenvalue weighted by molar-refractivity contribution is -0.122. The molecular weight excluding hydrogens is 362 g/mol. The van der Waals surface area contributed by atoms with Gasteiger partial charge in [0.05, 0.1) is 5.01 Å². The Bertz CT molecular complexity index is 785. The Balaban J connectivity index is 1.44. The molecule has 0 bridgehead atoms. The molecule has 2 amide bonds. The minimum absolute atomic E-state index is 0.0357. The average Bonchev–Trinajstić information content (AvgIpc) is 3.30. The first-order chi connectivity index (χ1) is 13.0. The second kappa shape index (κ2) is 9.12. The van der Waals surface area contributed by atoms with Gasteiger partial charge in [0.15, 0.2) is 0 Å². The number of aromatic nitrogens is 3. The van der Waals surface area contributed by atoms with E-state index in [2.05, 4.69) is 15.4 Å². The maximum Gasteiger partial charge on any atom is 0.274 e. The zero-order valence-electron chi connectivity index (χ0n) is 16.0. The molecule has 0 aliphatic carbocycles. The Morgan fingerprint density at radius 1 is 1.41 bits per heavy atom. The summed E-state index contributed by atoms with van der Waals surface area (Å²) in [6, 6.07) is 1.77. The molecule has 0 aromatic carbocycles. The predicted octanol–water partition coefficient (Wildman–Crippen LogP) is 2.27. The number of carbonyl (C=O) groups is 2. The number of nitrogens with zero attached hydrogens (tertiary/aromatic N) is 4. The molecule has 1 N–H and O–H groups in total. The van der Waals surface area contributed by atoms with Crippen LogP contribution in [0.2, 0.25) is 0 Å². The van der Waals surface area contributed by atoms with Crippen molar-refractivity contribution < 1.29 is 9.59 Å². The Labute approximate surface area is 163 Å². The van der Waals surface area contributed by atoms with Gasteiger partial charge in [-0.1, -0.05) is 0 Å². The number of amides is 2. The molecular formula is C19H27N5O2S. The molecule has 0 spiro atoms. The molecule has 3 rings (SSSR count). The van der Waals surface area contributed by atoms with Crippen molar-refractivity contribution in [3.8, 4) is 0 Å². The summed E-state index contributed by atoms with van der Waals surface area (Å²) in [6.07, 6.45) is 6.82. The summed E-state index contributed by atoms with van der Waals surface area (Å²) < 4.78 is 1.76. The lowest BCUT2D eigenvalue weighted by Crippen LogP contribution is -2.41. The fourth-order valence-corrected chi connectivity index (χ4v) is 4.18. The van der Waals surface area contributed by atoms with E-state index in [0.29, 0.717) is 25.2 Å². The zero-order chi connectivity index (χ0) is 19.2. The van der Waals surface area contributed by atoms with Gasteiger partial charge in [-0.3, -0.25) is 14.3 Å². The molecule has 1 aliphatic heterocycles. The topological polar surface area (TPSA) is 80.1 Å². The molecule has 1 aliphatic rings. The van der Waals surface area contributed by atoms with E-state index in [9.17, 15) is 9.59 Å². The second-order valence-electron chi connectivity index (χ2n) is 6.98. The van der Waals surface area contributed by atoms with Gasteiger partial charge >= 0.3 is 0 Å². The van der Waals surface area contributed by atoms with Crippen molar-refractivity contribution in [1.29, 1.82) is 0 Å². The van der Waals surface area contributed by atoms with Crippen molar-refractivity contribution in [3.63, 3.8) is 0 Å². The van der Waals surface area contributed by atoms with Crippen LogP contribution in [0.4, 0.5) is 0 Å². The van der Waals surface area contributed by atoms with E-state index in [0.717, 1.165) is 37.4 Å². The second-order valence-corrected chi connectivity index (χ2v) is 8.30. The van der Waals surface area contributed by atoms with Crippen LogP contribution in [0.1, 0.15) is 46.6 Å². The van der Waals surface area contributed by atoms with Crippen molar-refractivity contribution in [2.45, 2.75) is 46.1 Å². The summed E-state index contributed by atoms with van der Waals surface area (Å²) in [5.74, 6) is 0.224. The highest BCUT2D eigenvalue weighted by Gasteiger charge is 2.27. The molecule has 7 nitrogen and oxygen atoms in total. The van der Waals surface area contributed by atoms with Crippen LogP contribution in [0.3, 0.4) is 0 Å². The first kappa shape index (κ1) is 19.5. The fourth-order valence-electron chi connectivity index (χ4n) is 3.39. The minimum Gasteiger partial charge on any atom is -0.356 e. The average molecular weight is 390 g/mol. The Hall–Kier alpha value is -2.22. The molecule has 0 saturated carbocycles. The SMILES string of the molecule is CCn1ccc(C(=O)N2CCC[C@H](CC(=O)NCCc3ncc(C)s3)C2)n1. The zero-order valence-corrected chi connectivity index (χ0v) is 16.8. The van der Waals surface area contributed by atoms with Crippen LogP contribution in [-0.4, -0.2) is 51.1 Å². The van der Waals surface area contributed by atoms with Gasteiger partial charge in [-0.25, -0.2) is 4.98 Å². The van der Waals surface area contributed by atoms with Gasteiger partial charge in [-0.05, 0) is 38.7 Å². The highest BCUT2D eigenvalue weighted by atomic mass is 32.1. The lowest BCUT2D eigenvalue weighted by atomic mass is 9.94. The monoisotopic (exact) mass is 389 g/mol. The maximum absolute atomic E-state index is 12.6. The van der Waals surface area contributed by atoms with Gasteiger partial charge in [0, 0.05) is 56.3 Å². The Kier molecular flexibility index (Phi) is 6.60.